The Morgan fingerprint density at radius 1 is 1.27 bits per heavy atom. The Balaban J connectivity index is 2.49. The number of likely N-dealkylation sites (N-methyl/N-ethyl adjacent to an activating group) is 1. The molecular formula is C13H18N2. The predicted molar refractivity (Wildman–Crippen MR) is 62.5 cm³/mol. The number of nitrogens with zero attached hydrogens (tertiary/aromatic N) is 2. The Morgan fingerprint density at radius 3 is 2.40 bits per heavy atom. The minimum absolute atomic E-state index is 0.380. The van der Waals surface area contributed by atoms with Crippen molar-refractivity contribution < 1.29 is 0 Å². The summed E-state index contributed by atoms with van der Waals surface area (Å²) in [5.41, 5.74) is 0.937. The van der Waals surface area contributed by atoms with Gasteiger partial charge < -0.3 is 0 Å². The second-order valence-electron chi connectivity index (χ2n) is 4.33. The van der Waals surface area contributed by atoms with E-state index in [4.69, 9.17) is 5.26 Å². The SMILES string of the molecule is CN(CCc1ccccc1)C(C)(C)C#N. The highest BCUT2D eigenvalue weighted by molar-refractivity contribution is 5.15. The van der Waals surface area contributed by atoms with Crippen molar-refractivity contribution in [2.75, 3.05) is 13.6 Å². The second kappa shape index (κ2) is 4.95. The minimum Gasteiger partial charge on any atom is -0.289 e. The van der Waals surface area contributed by atoms with Crippen molar-refractivity contribution in [2.45, 2.75) is 25.8 Å². The van der Waals surface area contributed by atoms with Gasteiger partial charge in [-0.2, -0.15) is 5.26 Å². The van der Waals surface area contributed by atoms with Gasteiger partial charge >= 0.3 is 0 Å². The molecule has 15 heavy (non-hydrogen) atoms. The third kappa shape index (κ3) is 3.38. The fourth-order valence-corrected chi connectivity index (χ4v) is 1.31. The lowest BCUT2D eigenvalue weighted by Gasteiger charge is -2.28. The molecule has 0 aliphatic rings. The van der Waals surface area contributed by atoms with Gasteiger partial charge in [0.05, 0.1) is 6.07 Å². The molecule has 0 saturated heterocycles. The van der Waals surface area contributed by atoms with Gasteiger partial charge in [0.15, 0.2) is 0 Å². The van der Waals surface area contributed by atoms with Crippen LogP contribution in [0.2, 0.25) is 0 Å². The monoisotopic (exact) mass is 202 g/mol. The van der Waals surface area contributed by atoms with Crippen molar-refractivity contribution in [3.63, 3.8) is 0 Å². The Hall–Kier alpha value is -1.33. The Kier molecular flexibility index (Phi) is 3.88. The highest BCUT2D eigenvalue weighted by atomic mass is 15.2. The summed E-state index contributed by atoms with van der Waals surface area (Å²) in [4.78, 5) is 2.08. The van der Waals surface area contributed by atoms with Gasteiger partial charge in [-0.15, -0.1) is 0 Å². The Morgan fingerprint density at radius 2 is 1.87 bits per heavy atom. The van der Waals surface area contributed by atoms with Crippen LogP contribution in [-0.4, -0.2) is 24.0 Å². The first-order valence-corrected chi connectivity index (χ1v) is 5.22. The molecule has 1 rings (SSSR count). The molecule has 0 aromatic heterocycles. The van der Waals surface area contributed by atoms with Crippen molar-refractivity contribution in [2.24, 2.45) is 0 Å². The van der Waals surface area contributed by atoms with E-state index in [1.807, 2.05) is 39.1 Å². The number of nitriles is 1. The molecule has 0 bridgehead atoms. The first-order chi connectivity index (χ1) is 7.06. The average molecular weight is 202 g/mol. The van der Waals surface area contributed by atoms with E-state index in [1.54, 1.807) is 0 Å². The van der Waals surface area contributed by atoms with E-state index in [9.17, 15) is 0 Å². The molecule has 0 unspecified atom stereocenters. The molecule has 0 heterocycles. The lowest BCUT2D eigenvalue weighted by molar-refractivity contribution is 0.214. The van der Waals surface area contributed by atoms with E-state index in [2.05, 4.69) is 23.1 Å². The van der Waals surface area contributed by atoms with Crippen LogP contribution in [0.1, 0.15) is 19.4 Å². The van der Waals surface area contributed by atoms with Gasteiger partial charge in [-0.3, -0.25) is 4.90 Å². The summed E-state index contributed by atoms with van der Waals surface area (Å²) >= 11 is 0. The van der Waals surface area contributed by atoms with Gasteiger partial charge in [-0.25, -0.2) is 0 Å². The molecule has 0 radical (unpaired) electrons. The standard InChI is InChI=1S/C13H18N2/c1-13(2,11-14)15(3)10-9-12-7-5-4-6-8-12/h4-8H,9-10H2,1-3H3. The maximum Gasteiger partial charge on any atom is 0.103 e. The molecule has 0 fully saturated rings. The Bertz CT molecular complexity index is 335. The summed E-state index contributed by atoms with van der Waals surface area (Å²) < 4.78 is 0. The predicted octanol–water partition coefficient (Wildman–Crippen LogP) is 2.46. The van der Waals surface area contributed by atoms with Crippen LogP contribution in [0.25, 0.3) is 0 Å². The zero-order valence-corrected chi connectivity index (χ0v) is 9.70. The number of rotatable bonds is 4. The third-order valence-corrected chi connectivity index (χ3v) is 2.81. The highest BCUT2D eigenvalue weighted by Gasteiger charge is 2.21. The number of benzene rings is 1. The van der Waals surface area contributed by atoms with E-state index in [-0.39, 0.29) is 5.54 Å². The van der Waals surface area contributed by atoms with Gasteiger partial charge in [0.2, 0.25) is 0 Å². The highest BCUT2D eigenvalue weighted by Crippen LogP contribution is 2.11. The molecule has 2 heteroatoms. The summed E-state index contributed by atoms with van der Waals surface area (Å²) in [6.45, 7) is 4.79. The molecular weight excluding hydrogens is 184 g/mol. The van der Waals surface area contributed by atoms with Gasteiger partial charge in [0.1, 0.15) is 5.54 Å². The van der Waals surface area contributed by atoms with Crippen LogP contribution in [0, 0.1) is 11.3 Å². The molecule has 0 aliphatic carbocycles. The van der Waals surface area contributed by atoms with E-state index in [0.29, 0.717) is 0 Å². The molecule has 0 spiro atoms. The largest absolute Gasteiger partial charge is 0.289 e. The minimum atomic E-state index is -0.380. The van der Waals surface area contributed by atoms with Crippen LogP contribution in [0.15, 0.2) is 30.3 Å². The summed E-state index contributed by atoms with van der Waals surface area (Å²) in [5.74, 6) is 0. The summed E-state index contributed by atoms with van der Waals surface area (Å²) in [6, 6.07) is 12.7. The van der Waals surface area contributed by atoms with Gasteiger partial charge in [-0.1, -0.05) is 30.3 Å². The fourth-order valence-electron chi connectivity index (χ4n) is 1.31. The quantitative estimate of drug-likeness (QED) is 0.750. The van der Waals surface area contributed by atoms with Gasteiger partial charge in [0, 0.05) is 6.54 Å². The van der Waals surface area contributed by atoms with Crippen molar-refractivity contribution in [1.82, 2.24) is 4.90 Å². The fraction of sp³-hybridized carbons (Fsp3) is 0.462. The molecule has 2 nitrogen and oxygen atoms in total. The molecule has 1 aromatic carbocycles. The first-order valence-electron chi connectivity index (χ1n) is 5.22. The topological polar surface area (TPSA) is 27.0 Å². The third-order valence-electron chi connectivity index (χ3n) is 2.81. The molecule has 80 valence electrons. The van der Waals surface area contributed by atoms with Crippen LogP contribution in [0.4, 0.5) is 0 Å². The molecule has 0 saturated carbocycles. The van der Waals surface area contributed by atoms with Crippen LogP contribution >= 0.6 is 0 Å². The zero-order chi connectivity index (χ0) is 11.3. The van der Waals surface area contributed by atoms with Crippen molar-refractivity contribution in [3.8, 4) is 6.07 Å². The van der Waals surface area contributed by atoms with E-state index in [0.717, 1.165) is 13.0 Å². The van der Waals surface area contributed by atoms with Crippen LogP contribution in [0.5, 0.6) is 0 Å². The zero-order valence-electron chi connectivity index (χ0n) is 9.70. The molecule has 1 aromatic rings. The van der Waals surface area contributed by atoms with Crippen molar-refractivity contribution >= 4 is 0 Å². The molecule has 0 N–H and O–H groups in total. The van der Waals surface area contributed by atoms with Crippen LogP contribution in [-0.2, 0) is 6.42 Å². The first kappa shape index (κ1) is 11.7. The number of hydrogen-bond acceptors (Lipinski definition) is 2. The summed E-state index contributed by atoms with van der Waals surface area (Å²) in [6.07, 6.45) is 0.989. The molecule has 0 atom stereocenters. The van der Waals surface area contributed by atoms with E-state index < -0.39 is 0 Å². The smallest absolute Gasteiger partial charge is 0.103 e. The van der Waals surface area contributed by atoms with Crippen molar-refractivity contribution in [1.29, 1.82) is 5.26 Å². The number of hydrogen-bond donors (Lipinski definition) is 0. The lowest BCUT2D eigenvalue weighted by atomic mass is 10.0. The average Bonchev–Trinajstić information content (AvgIpc) is 2.27. The second-order valence-corrected chi connectivity index (χ2v) is 4.33. The molecule has 0 aliphatic heterocycles. The summed E-state index contributed by atoms with van der Waals surface area (Å²) in [5, 5.41) is 8.97. The van der Waals surface area contributed by atoms with E-state index in [1.165, 1.54) is 5.56 Å². The normalized spacial score (nSPS) is 11.4. The van der Waals surface area contributed by atoms with Crippen LogP contribution < -0.4 is 0 Å². The maximum absolute atomic E-state index is 8.97. The van der Waals surface area contributed by atoms with Gasteiger partial charge in [0.25, 0.3) is 0 Å². The van der Waals surface area contributed by atoms with E-state index >= 15 is 0 Å². The summed E-state index contributed by atoms with van der Waals surface area (Å²) in [7, 11) is 1.99. The molecule has 0 amide bonds. The lowest BCUT2D eigenvalue weighted by Crippen LogP contribution is -2.40. The maximum atomic E-state index is 8.97. The van der Waals surface area contributed by atoms with Crippen LogP contribution in [0.3, 0.4) is 0 Å². The van der Waals surface area contributed by atoms with Gasteiger partial charge in [-0.05, 0) is 32.9 Å². The Labute approximate surface area is 92.1 Å². The van der Waals surface area contributed by atoms with Crippen molar-refractivity contribution in [3.05, 3.63) is 35.9 Å².